The van der Waals surface area contributed by atoms with E-state index in [2.05, 4.69) is 26.1 Å². The minimum atomic E-state index is 0.337. The highest BCUT2D eigenvalue weighted by Gasteiger charge is 2.57. The quantitative estimate of drug-likeness (QED) is 0.827. The van der Waals surface area contributed by atoms with E-state index in [1.165, 1.54) is 45.1 Å². The molecule has 0 aromatic heterocycles. The van der Waals surface area contributed by atoms with Crippen molar-refractivity contribution < 1.29 is 4.74 Å². The molecule has 1 N–H and O–H groups in total. The fraction of sp³-hybridized carbons (Fsp3) is 1.00. The smallest absolute Gasteiger partial charge is 0.0684 e. The molecule has 3 rings (SSSR count). The van der Waals surface area contributed by atoms with Gasteiger partial charge in [0.25, 0.3) is 0 Å². The Labute approximate surface area is 112 Å². The maximum Gasteiger partial charge on any atom is 0.0684 e. The second kappa shape index (κ2) is 4.49. The lowest BCUT2D eigenvalue weighted by molar-refractivity contribution is -0.194. The summed E-state index contributed by atoms with van der Waals surface area (Å²) in [6, 6.07) is 0.687. The third-order valence-electron chi connectivity index (χ3n) is 6.19. The summed E-state index contributed by atoms with van der Waals surface area (Å²) < 4.78 is 5.98. The van der Waals surface area contributed by atoms with Gasteiger partial charge in [0.1, 0.15) is 0 Å². The molecule has 0 bridgehead atoms. The topological polar surface area (TPSA) is 21.3 Å². The van der Waals surface area contributed by atoms with Crippen molar-refractivity contribution >= 4 is 0 Å². The van der Waals surface area contributed by atoms with E-state index in [9.17, 15) is 0 Å². The Morgan fingerprint density at radius 3 is 2.61 bits per heavy atom. The van der Waals surface area contributed by atoms with Crippen LogP contribution in [0.15, 0.2) is 0 Å². The molecule has 3 fully saturated rings. The zero-order valence-corrected chi connectivity index (χ0v) is 12.3. The summed E-state index contributed by atoms with van der Waals surface area (Å²) >= 11 is 0. The van der Waals surface area contributed by atoms with Gasteiger partial charge < -0.3 is 10.1 Å². The molecule has 104 valence electrons. The third kappa shape index (κ3) is 1.84. The molecule has 18 heavy (non-hydrogen) atoms. The highest BCUT2D eigenvalue weighted by Crippen LogP contribution is 2.52. The van der Waals surface area contributed by atoms with E-state index in [0.717, 1.165) is 12.5 Å². The van der Waals surface area contributed by atoms with Crippen molar-refractivity contribution in [3.63, 3.8) is 0 Å². The van der Waals surface area contributed by atoms with Crippen molar-refractivity contribution in [2.75, 3.05) is 13.2 Å². The van der Waals surface area contributed by atoms with Crippen LogP contribution in [-0.4, -0.2) is 25.3 Å². The molecule has 0 amide bonds. The first-order chi connectivity index (χ1) is 8.59. The molecular formula is C16H29NO. The van der Waals surface area contributed by atoms with Crippen LogP contribution in [0.2, 0.25) is 0 Å². The van der Waals surface area contributed by atoms with Crippen LogP contribution in [0.25, 0.3) is 0 Å². The average molecular weight is 251 g/mol. The normalized spacial score (nSPS) is 40.5. The van der Waals surface area contributed by atoms with Gasteiger partial charge in [0.2, 0.25) is 0 Å². The second-order valence-corrected chi connectivity index (χ2v) is 7.48. The molecule has 1 saturated heterocycles. The highest BCUT2D eigenvalue weighted by atomic mass is 16.5. The number of rotatable bonds is 4. The molecular weight excluding hydrogens is 222 g/mol. The fourth-order valence-corrected chi connectivity index (χ4v) is 4.60. The number of hydrogen-bond donors (Lipinski definition) is 1. The van der Waals surface area contributed by atoms with Crippen LogP contribution in [0, 0.1) is 16.7 Å². The van der Waals surface area contributed by atoms with Gasteiger partial charge in [-0.2, -0.15) is 0 Å². The lowest BCUT2D eigenvalue weighted by Gasteiger charge is -2.61. The molecule has 0 spiro atoms. The summed E-state index contributed by atoms with van der Waals surface area (Å²) in [7, 11) is 0. The van der Waals surface area contributed by atoms with Crippen molar-refractivity contribution in [3.8, 4) is 0 Å². The molecule has 1 heterocycles. The van der Waals surface area contributed by atoms with Gasteiger partial charge in [-0.25, -0.2) is 0 Å². The zero-order chi connectivity index (χ0) is 12.8. The molecule has 1 aliphatic heterocycles. The Hall–Kier alpha value is -0.0800. The van der Waals surface area contributed by atoms with Gasteiger partial charge in [-0.1, -0.05) is 27.2 Å². The molecule has 2 aliphatic carbocycles. The van der Waals surface area contributed by atoms with Crippen LogP contribution in [0.4, 0.5) is 0 Å². The third-order valence-corrected chi connectivity index (χ3v) is 6.19. The summed E-state index contributed by atoms with van der Waals surface area (Å²) in [5.74, 6) is 0.780. The average Bonchev–Trinajstić information content (AvgIpc) is 2.32. The van der Waals surface area contributed by atoms with Crippen molar-refractivity contribution in [2.24, 2.45) is 16.7 Å². The minimum absolute atomic E-state index is 0.337. The SMILES string of the molecule is CCC1(CNC2C3CCCOC3C2(C)C)CCC1. The van der Waals surface area contributed by atoms with E-state index in [0.29, 0.717) is 23.0 Å². The van der Waals surface area contributed by atoms with E-state index in [1.807, 2.05) is 0 Å². The van der Waals surface area contributed by atoms with Gasteiger partial charge in [0.15, 0.2) is 0 Å². The number of ether oxygens (including phenoxy) is 1. The number of hydrogen-bond acceptors (Lipinski definition) is 2. The monoisotopic (exact) mass is 251 g/mol. The van der Waals surface area contributed by atoms with Crippen LogP contribution in [0.3, 0.4) is 0 Å². The molecule has 3 unspecified atom stereocenters. The lowest BCUT2D eigenvalue weighted by atomic mass is 9.55. The van der Waals surface area contributed by atoms with Gasteiger partial charge in [0, 0.05) is 30.5 Å². The van der Waals surface area contributed by atoms with E-state index >= 15 is 0 Å². The van der Waals surface area contributed by atoms with Crippen LogP contribution < -0.4 is 5.32 Å². The minimum Gasteiger partial charge on any atom is -0.377 e. The largest absolute Gasteiger partial charge is 0.377 e. The Morgan fingerprint density at radius 2 is 2.00 bits per heavy atom. The van der Waals surface area contributed by atoms with Gasteiger partial charge in [0.05, 0.1) is 6.10 Å². The molecule has 2 saturated carbocycles. The first-order valence-corrected chi connectivity index (χ1v) is 7.94. The van der Waals surface area contributed by atoms with Crippen molar-refractivity contribution in [1.82, 2.24) is 5.32 Å². The molecule has 3 atom stereocenters. The van der Waals surface area contributed by atoms with Gasteiger partial charge in [-0.15, -0.1) is 0 Å². The second-order valence-electron chi connectivity index (χ2n) is 7.48. The number of fused-ring (bicyclic) bond motifs is 1. The molecule has 2 nitrogen and oxygen atoms in total. The maximum atomic E-state index is 5.98. The molecule has 0 radical (unpaired) electrons. The summed E-state index contributed by atoms with van der Waals surface area (Å²) in [6.45, 7) is 9.35. The van der Waals surface area contributed by atoms with Gasteiger partial charge in [-0.3, -0.25) is 0 Å². The van der Waals surface area contributed by atoms with Crippen LogP contribution >= 0.6 is 0 Å². The fourth-order valence-electron chi connectivity index (χ4n) is 4.60. The summed E-state index contributed by atoms with van der Waals surface area (Å²) in [6.07, 6.45) is 8.81. The van der Waals surface area contributed by atoms with Gasteiger partial charge in [-0.05, 0) is 37.5 Å². The van der Waals surface area contributed by atoms with E-state index < -0.39 is 0 Å². The number of nitrogens with one attached hydrogen (secondary N) is 1. The van der Waals surface area contributed by atoms with Crippen LogP contribution in [-0.2, 0) is 4.74 Å². The Balaban J connectivity index is 1.59. The van der Waals surface area contributed by atoms with Crippen LogP contribution in [0.5, 0.6) is 0 Å². The molecule has 2 heteroatoms. The Kier molecular flexibility index (Phi) is 3.22. The highest BCUT2D eigenvalue weighted by molar-refractivity contribution is 5.10. The van der Waals surface area contributed by atoms with Crippen molar-refractivity contribution in [1.29, 1.82) is 0 Å². The summed E-state index contributed by atoms with van der Waals surface area (Å²) in [5.41, 5.74) is 0.973. The zero-order valence-electron chi connectivity index (χ0n) is 12.3. The Bertz CT molecular complexity index is 303. The van der Waals surface area contributed by atoms with E-state index in [1.54, 1.807) is 0 Å². The van der Waals surface area contributed by atoms with E-state index in [4.69, 9.17) is 4.74 Å². The first-order valence-electron chi connectivity index (χ1n) is 7.94. The van der Waals surface area contributed by atoms with Crippen molar-refractivity contribution in [3.05, 3.63) is 0 Å². The standard InChI is InChI=1S/C16H29NO/c1-4-16(8-6-9-16)11-17-13-12-7-5-10-18-14(12)15(13,2)3/h12-14,17H,4-11H2,1-3H3. The van der Waals surface area contributed by atoms with Gasteiger partial charge >= 0.3 is 0 Å². The Morgan fingerprint density at radius 1 is 1.22 bits per heavy atom. The molecule has 3 aliphatic rings. The predicted molar refractivity (Wildman–Crippen MR) is 74.6 cm³/mol. The molecule has 0 aromatic rings. The maximum absolute atomic E-state index is 5.98. The van der Waals surface area contributed by atoms with E-state index in [-0.39, 0.29) is 0 Å². The van der Waals surface area contributed by atoms with Crippen molar-refractivity contribution in [2.45, 2.75) is 71.4 Å². The molecule has 0 aromatic carbocycles. The summed E-state index contributed by atoms with van der Waals surface area (Å²) in [5, 5.41) is 3.92. The summed E-state index contributed by atoms with van der Waals surface area (Å²) in [4.78, 5) is 0. The lowest BCUT2D eigenvalue weighted by Crippen LogP contribution is -2.70. The first kappa shape index (κ1) is 12.9. The van der Waals surface area contributed by atoms with Crippen LogP contribution in [0.1, 0.15) is 59.3 Å². The predicted octanol–water partition coefficient (Wildman–Crippen LogP) is 3.36.